The Morgan fingerprint density at radius 3 is 2.52 bits per heavy atom. The Bertz CT molecular complexity index is 401. The van der Waals surface area contributed by atoms with Crippen LogP contribution in [0.5, 0.6) is 0 Å². The van der Waals surface area contributed by atoms with Crippen LogP contribution in [-0.4, -0.2) is 37.0 Å². The molecule has 0 aliphatic rings. The highest BCUT2D eigenvalue weighted by Crippen LogP contribution is 2.07. The van der Waals surface area contributed by atoms with Crippen molar-refractivity contribution in [3.05, 3.63) is 35.9 Å². The normalized spacial score (nSPS) is 13.1. The van der Waals surface area contributed by atoms with Gasteiger partial charge in [-0.15, -0.1) is 12.4 Å². The van der Waals surface area contributed by atoms with Gasteiger partial charge in [-0.05, 0) is 11.5 Å². The van der Waals surface area contributed by atoms with Gasteiger partial charge in [0.1, 0.15) is 0 Å². The molecule has 1 rings (SSSR count). The molecule has 0 aliphatic carbocycles. The van der Waals surface area contributed by atoms with E-state index in [1.807, 2.05) is 44.2 Å². The van der Waals surface area contributed by atoms with E-state index in [-0.39, 0.29) is 24.2 Å². The fourth-order valence-corrected chi connectivity index (χ4v) is 1.83. The first-order valence-corrected chi connectivity index (χ1v) is 7.18. The summed E-state index contributed by atoms with van der Waals surface area (Å²) in [5.41, 5.74) is 7.07. The standard InChI is InChI=1S/C16H26N2O2.ClH/c1-4-13(2)15(17)16(19)18(3)10-11-20-12-14-8-6-5-7-9-14;/h5-9,13,15H,4,10-12,17H2,1-3H3;1H. The highest BCUT2D eigenvalue weighted by atomic mass is 35.5. The zero-order valence-corrected chi connectivity index (χ0v) is 13.9. The number of hydrogen-bond donors (Lipinski definition) is 1. The highest BCUT2D eigenvalue weighted by molar-refractivity contribution is 5.85. The Balaban J connectivity index is 0.00000400. The van der Waals surface area contributed by atoms with Gasteiger partial charge in [0.25, 0.3) is 0 Å². The molecule has 1 aromatic rings. The zero-order valence-electron chi connectivity index (χ0n) is 13.1. The smallest absolute Gasteiger partial charge is 0.239 e. The molecule has 0 aliphatic heterocycles. The van der Waals surface area contributed by atoms with Gasteiger partial charge in [0.15, 0.2) is 0 Å². The van der Waals surface area contributed by atoms with Crippen LogP contribution in [0.25, 0.3) is 0 Å². The number of carbonyl (C=O) groups is 1. The number of nitrogens with zero attached hydrogens (tertiary/aromatic N) is 1. The first-order valence-electron chi connectivity index (χ1n) is 7.18. The second-order valence-electron chi connectivity index (χ2n) is 5.21. The molecule has 120 valence electrons. The molecule has 0 saturated heterocycles. The van der Waals surface area contributed by atoms with E-state index in [0.717, 1.165) is 12.0 Å². The summed E-state index contributed by atoms with van der Waals surface area (Å²) in [6.07, 6.45) is 0.908. The van der Waals surface area contributed by atoms with E-state index in [0.29, 0.717) is 19.8 Å². The molecular formula is C16H27ClN2O2. The fraction of sp³-hybridized carbons (Fsp3) is 0.562. The Hall–Kier alpha value is -1.10. The van der Waals surface area contributed by atoms with Gasteiger partial charge in [-0.25, -0.2) is 0 Å². The van der Waals surface area contributed by atoms with E-state index in [1.165, 1.54) is 0 Å². The first-order chi connectivity index (χ1) is 9.56. The van der Waals surface area contributed by atoms with E-state index in [4.69, 9.17) is 10.5 Å². The molecule has 2 N–H and O–H groups in total. The third-order valence-electron chi connectivity index (χ3n) is 3.60. The van der Waals surface area contributed by atoms with Crippen LogP contribution in [-0.2, 0) is 16.1 Å². The molecule has 21 heavy (non-hydrogen) atoms. The summed E-state index contributed by atoms with van der Waals surface area (Å²) in [5.74, 6) is 0.192. The number of amides is 1. The van der Waals surface area contributed by atoms with E-state index >= 15 is 0 Å². The van der Waals surface area contributed by atoms with Crippen LogP contribution in [0.4, 0.5) is 0 Å². The summed E-state index contributed by atoms with van der Waals surface area (Å²) < 4.78 is 5.57. The van der Waals surface area contributed by atoms with Crippen LogP contribution >= 0.6 is 12.4 Å². The Labute approximate surface area is 134 Å². The lowest BCUT2D eigenvalue weighted by Crippen LogP contribution is -2.46. The van der Waals surface area contributed by atoms with E-state index in [2.05, 4.69) is 0 Å². The van der Waals surface area contributed by atoms with Crippen LogP contribution in [0.2, 0.25) is 0 Å². The van der Waals surface area contributed by atoms with Crippen molar-refractivity contribution < 1.29 is 9.53 Å². The maximum absolute atomic E-state index is 12.1. The second kappa shape index (κ2) is 10.6. The Morgan fingerprint density at radius 2 is 1.95 bits per heavy atom. The number of benzene rings is 1. The molecule has 0 fully saturated rings. The predicted octanol–water partition coefficient (Wildman–Crippen LogP) is 2.46. The summed E-state index contributed by atoms with van der Waals surface area (Å²) in [6, 6.07) is 9.58. The Kier molecular flexibility index (Phi) is 10.0. The molecule has 0 heterocycles. The van der Waals surface area contributed by atoms with Crippen molar-refractivity contribution in [3.8, 4) is 0 Å². The number of nitrogens with two attached hydrogens (primary N) is 1. The number of ether oxygens (including phenoxy) is 1. The van der Waals surface area contributed by atoms with E-state index < -0.39 is 6.04 Å². The highest BCUT2D eigenvalue weighted by Gasteiger charge is 2.22. The summed E-state index contributed by atoms with van der Waals surface area (Å²) in [4.78, 5) is 13.7. The summed E-state index contributed by atoms with van der Waals surface area (Å²) in [7, 11) is 1.77. The van der Waals surface area contributed by atoms with Gasteiger partial charge in [0.05, 0.1) is 19.3 Å². The van der Waals surface area contributed by atoms with Crippen molar-refractivity contribution in [1.29, 1.82) is 0 Å². The minimum Gasteiger partial charge on any atom is -0.375 e. The number of carbonyl (C=O) groups excluding carboxylic acids is 1. The molecule has 0 spiro atoms. The average Bonchev–Trinajstić information content (AvgIpc) is 2.50. The molecule has 2 unspecified atom stereocenters. The quantitative estimate of drug-likeness (QED) is 0.750. The number of hydrogen-bond acceptors (Lipinski definition) is 3. The summed E-state index contributed by atoms with van der Waals surface area (Å²) in [6.45, 7) is 5.70. The molecule has 4 nitrogen and oxygen atoms in total. The lowest BCUT2D eigenvalue weighted by atomic mass is 9.99. The molecule has 0 bridgehead atoms. The average molecular weight is 315 g/mol. The van der Waals surface area contributed by atoms with Crippen LogP contribution in [0.3, 0.4) is 0 Å². The summed E-state index contributed by atoms with van der Waals surface area (Å²) in [5, 5.41) is 0. The molecule has 0 radical (unpaired) electrons. The molecule has 1 amide bonds. The van der Waals surface area contributed by atoms with Crippen molar-refractivity contribution in [2.24, 2.45) is 11.7 Å². The SMILES string of the molecule is CCC(C)C(N)C(=O)N(C)CCOCc1ccccc1.Cl. The van der Waals surface area contributed by atoms with Crippen molar-refractivity contribution in [2.75, 3.05) is 20.2 Å². The van der Waals surface area contributed by atoms with Gasteiger partial charge in [-0.3, -0.25) is 4.79 Å². The minimum absolute atomic E-state index is 0. The lowest BCUT2D eigenvalue weighted by Gasteiger charge is -2.24. The van der Waals surface area contributed by atoms with Gasteiger partial charge < -0.3 is 15.4 Å². The maximum atomic E-state index is 12.1. The maximum Gasteiger partial charge on any atom is 0.239 e. The van der Waals surface area contributed by atoms with Crippen LogP contribution in [0.1, 0.15) is 25.8 Å². The molecule has 0 saturated carbocycles. The topological polar surface area (TPSA) is 55.6 Å². The third kappa shape index (κ3) is 6.93. The predicted molar refractivity (Wildman–Crippen MR) is 88.4 cm³/mol. The van der Waals surface area contributed by atoms with Crippen molar-refractivity contribution in [1.82, 2.24) is 4.90 Å². The first kappa shape index (κ1) is 19.9. The number of likely N-dealkylation sites (N-methyl/N-ethyl adjacent to an activating group) is 1. The molecule has 1 aromatic carbocycles. The monoisotopic (exact) mass is 314 g/mol. The summed E-state index contributed by atoms with van der Waals surface area (Å²) >= 11 is 0. The fourth-order valence-electron chi connectivity index (χ4n) is 1.83. The van der Waals surface area contributed by atoms with Gasteiger partial charge in [0, 0.05) is 13.6 Å². The van der Waals surface area contributed by atoms with Gasteiger partial charge in [0.2, 0.25) is 5.91 Å². The molecule has 0 aromatic heterocycles. The van der Waals surface area contributed by atoms with Gasteiger partial charge >= 0.3 is 0 Å². The van der Waals surface area contributed by atoms with E-state index in [1.54, 1.807) is 11.9 Å². The zero-order chi connectivity index (χ0) is 15.0. The van der Waals surface area contributed by atoms with Gasteiger partial charge in [-0.1, -0.05) is 50.6 Å². The van der Waals surface area contributed by atoms with Crippen molar-refractivity contribution in [3.63, 3.8) is 0 Å². The minimum atomic E-state index is -0.417. The molecular weight excluding hydrogens is 288 g/mol. The largest absolute Gasteiger partial charge is 0.375 e. The number of rotatable bonds is 8. The van der Waals surface area contributed by atoms with Crippen LogP contribution < -0.4 is 5.73 Å². The van der Waals surface area contributed by atoms with Crippen molar-refractivity contribution in [2.45, 2.75) is 32.9 Å². The van der Waals surface area contributed by atoms with Crippen LogP contribution in [0, 0.1) is 5.92 Å². The van der Waals surface area contributed by atoms with Crippen molar-refractivity contribution >= 4 is 18.3 Å². The Morgan fingerprint density at radius 1 is 1.33 bits per heavy atom. The second-order valence-corrected chi connectivity index (χ2v) is 5.21. The third-order valence-corrected chi connectivity index (χ3v) is 3.60. The molecule has 2 atom stereocenters. The van der Waals surface area contributed by atoms with Gasteiger partial charge in [-0.2, -0.15) is 0 Å². The number of halogens is 1. The molecule has 5 heteroatoms. The van der Waals surface area contributed by atoms with Crippen LogP contribution in [0.15, 0.2) is 30.3 Å². The van der Waals surface area contributed by atoms with E-state index in [9.17, 15) is 4.79 Å². The lowest BCUT2D eigenvalue weighted by molar-refractivity contribution is -0.133.